The first kappa shape index (κ1) is 8.20. The molecule has 3 heteroatoms. The zero-order valence-corrected chi connectivity index (χ0v) is 7.45. The van der Waals surface area contributed by atoms with Crippen molar-refractivity contribution in [2.45, 2.75) is 18.9 Å². The van der Waals surface area contributed by atoms with E-state index in [1.165, 1.54) is 0 Å². The second-order valence-electron chi connectivity index (χ2n) is 3.78. The summed E-state index contributed by atoms with van der Waals surface area (Å²) in [7, 11) is 2.07. The maximum Gasteiger partial charge on any atom is 0.142 e. The first-order valence-corrected chi connectivity index (χ1v) is 4.60. The lowest BCUT2D eigenvalue weighted by Gasteiger charge is -2.38. The van der Waals surface area contributed by atoms with Crippen LogP contribution in [-0.2, 0) is 9.53 Å². The number of likely N-dealkylation sites (tertiary alicyclic amines) is 1. The second-order valence-corrected chi connectivity index (χ2v) is 3.78. The lowest BCUT2D eigenvalue weighted by atomic mass is 9.88. The van der Waals surface area contributed by atoms with Crippen LogP contribution < -0.4 is 0 Å². The van der Waals surface area contributed by atoms with Gasteiger partial charge in [0, 0.05) is 19.5 Å². The van der Waals surface area contributed by atoms with Crippen molar-refractivity contribution >= 4 is 5.78 Å². The first-order chi connectivity index (χ1) is 5.77. The molecule has 0 amide bonds. The molecule has 0 aromatic rings. The van der Waals surface area contributed by atoms with Gasteiger partial charge in [-0.2, -0.15) is 0 Å². The summed E-state index contributed by atoms with van der Waals surface area (Å²) >= 11 is 0. The topological polar surface area (TPSA) is 29.5 Å². The van der Waals surface area contributed by atoms with Gasteiger partial charge in [-0.25, -0.2) is 0 Å². The molecular formula is C9H15NO2. The zero-order valence-electron chi connectivity index (χ0n) is 7.45. The Bertz CT molecular complexity index is 193. The highest BCUT2D eigenvalue weighted by molar-refractivity contribution is 5.82. The number of ether oxygens (including phenoxy) is 1. The van der Waals surface area contributed by atoms with Gasteiger partial charge in [0.2, 0.25) is 0 Å². The van der Waals surface area contributed by atoms with Crippen molar-refractivity contribution in [3.63, 3.8) is 0 Å². The SMILES string of the molecule is CN1CCC2OCCC(=O)C2C1. The van der Waals surface area contributed by atoms with Crippen LogP contribution in [0, 0.1) is 5.92 Å². The molecule has 2 aliphatic heterocycles. The zero-order chi connectivity index (χ0) is 8.55. The Kier molecular flexibility index (Phi) is 2.15. The number of ketones is 1. The van der Waals surface area contributed by atoms with Crippen LogP contribution in [0.3, 0.4) is 0 Å². The molecule has 0 radical (unpaired) electrons. The van der Waals surface area contributed by atoms with E-state index in [0.29, 0.717) is 18.8 Å². The summed E-state index contributed by atoms with van der Waals surface area (Å²) in [5.41, 5.74) is 0. The molecule has 0 saturated carbocycles. The van der Waals surface area contributed by atoms with E-state index >= 15 is 0 Å². The third-order valence-corrected chi connectivity index (χ3v) is 2.85. The first-order valence-electron chi connectivity index (χ1n) is 4.60. The molecule has 2 saturated heterocycles. The van der Waals surface area contributed by atoms with Crippen LogP contribution in [0.1, 0.15) is 12.8 Å². The van der Waals surface area contributed by atoms with Gasteiger partial charge < -0.3 is 9.64 Å². The minimum atomic E-state index is 0.164. The quantitative estimate of drug-likeness (QED) is 0.522. The maximum absolute atomic E-state index is 11.5. The molecule has 0 aliphatic carbocycles. The largest absolute Gasteiger partial charge is 0.377 e. The minimum Gasteiger partial charge on any atom is -0.377 e. The normalized spacial score (nSPS) is 37.9. The van der Waals surface area contributed by atoms with E-state index in [-0.39, 0.29) is 12.0 Å². The Labute approximate surface area is 72.7 Å². The van der Waals surface area contributed by atoms with Crippen LogP contribution in [0.4, 0.5) is 0 Å². The van der Waals surface area contributed by atoms with Crippen molar-refractivity contribution in [3.8, 4) is 0 Å². The van der Waals surface area contributed by atoms with Gasteiger partial charge >= 0.3 is 0 Å². The molecule has 68 valence electrons. The Morgan fingerprint density at radius 1 is 1.58 bits per heavy atom. The molecule has 3 nitrogen and oxygen atoms in total. The number of piperidine rings is 1. The Hall–Kier alpha value is -0.410. The molecule has 0 bridgehead atoms. The molecular weight excluding hydrogens is 154 g/mol. The number of rotatable bonds is 0. The van der Waals surface area contributed by atoms with E-state index in [1.54, 1.807) is 0 Å². The molecule has 12 heavy (non-hydrogen) atoms. The average Bonchev–Trinajstić information content (AvgIpc) is 2.07. The van der Waals surface area contributed by atoms with Crippen molar-refractivity contribution in [2.75, 3.05) is 26.7 Å². The van der Waals surface area contributed by atoms with Crippen molar-refractivity contribution < 1.29 is 9.53 Å². The van der Waals surface area contributed by atoms with E-state index in [4.69, 9.17) is 4.74 Å². The van der Waals surface area contributed by atoms with E-state index in [9.17, 15) is 4.79 Å². The second kappa shape index (κ2) is 3.15. The highest BCUT2D eigenvalue weighted by atomic mass is 16.5. The summed E-state index contributed by atoms with van der Waals surface area (Å²) in [5, 5.41) is 0. The van der Waals surface area contributed by atoms with Crippen molar-refractivity contribution in [3.05, 3.63) is 0 Å². The van der Waals surface area contributed by atoms with Gasteiger partial charge in [0.05, 0.1) is 18.6 Å². The number of nitrogens with zero attached hydrogens (tertiary/aromatic N) is 1. The molecule has 2 heterocycles. The van der Waals surface area contributed by atoms with Crippen molar-refractivity contribution in [1.29, 1.82) is 0 Å². The lowest BCUT2D eigenvalue weighted by Crippen LogP contribution is -2.48. The van der Waals surface area contributed by atoms with Crippen LogP contribution in [0.15, 0.2) is 0 Å². The Morgan fingerprint density at radius 3 is 3.25 bits per heavy atom. The summed E-state index contributed by atoms with van der Waals surface area (Å²) in [6, 6.07) is 0. The van der Waals surface area contributed by atoms with E-state index in [0.717, 1.165) is 19.5 Å². The molecule has 2 atom stereocenters. The molecule has 0 aromatic carbocycles. The third kappa shape index (κ3) is 1.39. The molecule has 2 unspecified atom stereocenters. The van der Waals surface area contributed by atoms with Crippen LogP contribution in [0.25, 0.3) is 0 Å². The predicted octanol–water partition coefficient (Wildman–Crippen LogP) is 0.296. The summed E-state index contributed by atoms with van der Waals surface area (Å²) in [4.78, 5) is 13.7. The van der Waals surface area contributed by atoms with E-state index in [2.05, 4.69) is 11.9 Å². The molecule has 0 aromatic heterocycles. The van der Waals surface area contributed by atoms with E-state index in [1.807, 2.05) is 0 Å². The molecule has 0 spiro atoms. The number of Topliss-reactive ketones (excluding diaryl/α,β-unsaturated/α-hetero) is 1. The van der Waals surface area contributed by atoms with Gasteiger partial charge in [-0.3, -0.25) is 4.79 Å². The number of carbonyl (C=O) groups is 1. The van der Waals surface area contributed by atoms with Gasteiger partial charge in [-0.05, 0) is 13.5 Å². The average molecular weight is 169 g/mol. The lowest BCUT2D eigenvalue weighted by molar-refractivity contribution is -0.142. The number of hydrogen-bond donors (Lipinski definition) is 0. The Balaban J connectivity index is 2.05. The minimum absolute atomic E-state index is 0.164. The van der Waals surface area contributed by atoms with Gasteiger partial charge in [-0.1, -0.05) is 0 Å². The number of carbonyl (C=O) groups excluding carboxylic acids is 1. The van der Waals surface area contributed by atoms with Crippen LogP contribution in [-0.4, -0.2) is 43.5 Å². The highest BCUT2D eigenvalue weighted by Gasteiger charge is 2.36. The van der Waals surface area contributed by atoms with Gasteiger partial charge in [0.15, 0.2) is 0 Å². The fourth-order valence-corrected chi connectivity index (χ4v) is 2.10. The highest BCUT2D eigenvalue weighted by Crippen LogP contribution is 2.24. The summed E-state index contributed by atoms with van der Waals surface area (Å²) in [6.07, 6.45) is 1.87. The van der Waals surface area contributed by atoms with Gasteiger partial charge in [0.1, 0.15) is 5.78 Å². The maximum atomic E-state index is 11.5. The summed E-state index contributed by atoms with van der Waals surface area (Å²) in [6.45, 7) is 2.60. The molecule has 2 rings (SSSR count). The predicted molar refractivity (Wildman–Crippen MR) is 45.0 cm³/mol. The summed E-state index contributed by atoms with van der Waals surface area (Å²) < 4.78 is 5.55. The van der Waals surface area contributed by atoms with Crippen molar-refractivity contribution in [1.82, 2.24) is 4.90 Å². The van der Waals surface area contributed by atoms with Crippen molar-refractivity contribution in [2.24, 2.45) is 5.92 Å². The standard InChI is InChI=1S/C9H15NO2/c1-10-4-2-9-7(6-10)8(11)3-5-12-9/h7,9H,2-6H2,1H3. The smallest absolute Gasteiger partial charge is 0.142 e. The van der Waals surface area contributed by atoms with Gasteiger partial charge in [0.25, 0.3) is 0 Å². The fourth-order valence-electron chi connectivity index (χ4n) is 2.10. The number of fused-ring (bicyclic) bond motifs is 1. The summed E-state index contributed by atoms with van der Waals surface area (Å²) in [5.74, 6) is 0.565. The molecule has 0 N–H and O–H groups in total. The van der Waals surface area contributed by atoms with Crippen LogP contribution >= 0.6 is 0 Å². The molecule has 2 aliphatic rings. The fraction of sp³-hybridized carbons (Fsp3) is 0.889. The monoisotopic (exact) mass is 169 g/mol. The Morgan fingerprint density at radius 2 is 2.42 bits per heavy atom. The van der Waals surface area contributed by atoms with Gasteiger partial charge in [-0.15, -0.1) is 0 Å². The third-order valence-electron chi connectivity index (χ3n) is 2.85. The van der Waals surface area contributed by atoms with Crippen LogP contribution in [0.5, 0.6) is 0 Å². The van der Waals surface area contributed by atoms with Crippen LogP contribution in [0.2, 0.25) is 0 Å². The van der Waals surface area contributed by atoms with E-state index < -0.39 is 0 Å². The number of hydrogen-bond acceptors (Lipinski definition) is 3. The molecule has 2 fully saturated rings.